The minimum atomic E-state index is -0.861. The number of benzene rings is 1. The molecule has 11 nitrogen and oxygen atoms in total. The molecule has 2 aliphatic rings. The van der Waals surface area contributed by atoms with Crippen molar-refractivity contribution in [3.05, 3.63) is 42.9 Å². The van der Waals surface area contributed by atoms with E-state index in [2.05, 4.69) is 20.4 Å². The number of aromatic nitrogens is 6. The van der Waals surface area contributed by atoms with Gasteiger partial charge in [0.2, 0.25) is 0 Å². The van der Waals surface area contributed by atoms with E-state index in [4.69, 9.17) is 15.2 Å². The summed E-state index contributed by atoms with van der Waals surface area (Å²) in [4.78, 5) is 19.1. The summed E-state index contributed by atoms with van der Waals surface area (Å²) < 4.78 is 15.0. The van der Waals surface area contributed by atoms with Crippen molar-refractivity contribution in [1.82, 2.24) is 29.6 Å². The Bertz CT molecular complexity index is 1440. The molecular weight excluding hydrogens is 460 g/mol. The third kappa shape index (κ3) is 3.71. The first-order valence-electron chi connectivity index (χ1n) is 12.1. The molecule has 0 bridgehead atoms. The first-order valence-corrected chi connectivity index (χ1v) is 12.1. The molecule has 2 N–H and O–H groups in total. The van der Waals surface area contributed by atoms with Crippen LogP contribution in [0.3, 0.4) is 0 Å². The zero-order valence-electron chi connectivity index (χ0n) is 20.3. The molecule has 3 aromatic heterocycles. The minimum Gasteiger partial charge on any atom is -0.382 e. The van der Waals surface area contributed by atoms with Gasteiger partial charge in [0, 0.05) is 36.6 Å². The second-order valence-electron chi connectivity index (χ2n) is 9.62. The highest BCUT2D eigenvalue weighted by molar-refractivity contribution is 6.00. The van der Waals surface area contributed by atoms with Crippen LogP contribution in [0.4, 0.5) is 11.5 Å². The number of anilines is 2. The van der Waals surface area contributed by atoms with Crippen LogP contribution in [0.15, 0.2) is 42.9 Å². The third-order valence-electron chi connectivity index (χ3n) is 6.96. The number of hydrogen-bond donors (Lipinski definition) is 1. The monoisotopic (exact) mass is 488 g/mol. The van der Waals surface area contributed by atoms with Crippen LogP contribution >= 0.6 is 0 Å². The van der Waals surface area contributed by atoms with Gasteiger partial charge in [0.25, 0.3) is 5.91 Å². The van der Waals surface area contributed by atoms with Gasteiger partial charge in [-0.3, -0.25) is 4.79 Å². The second-order valence-corrected chi connectivity index (χ2v) is 9.62. The average Bonchev–Trinajstić information content (AvgIpc) is 3.52. The average molecular weight is 489 g/mol. The lowest BCUT2D eigenvalue weighted by molar-refractivity contribution is -0.144. The van der Waals surface area contributed by atoms with Crippen molar-refractivity contribution in [2.75, 3.05) is 37.0 Å². The predicted molar refractivity (Wildman–Crippen MR) is 133 cm³/mol. The molecule has 0 atom stereocenters. The molecule has 1 aromatic carbocycles. The van der Waals surface area contributed by atoms with E-state index in [0.29, 0.717) is 37.7 Å². The quantitative estimate of drug-likeness (QED) is 0.465. The Morgan fingerprint density at radius 3 is 2.78 bits per heavy atom. The van der Waals surface area contributed by atoms with Crippen LogP contribution in [0.25, 0.3) is 28.0 Å². The Kier molecular flexibility index (Phi) is 5.45. The molecule has 2 aliphatic heterocycles. The summed E-state index contributed by atoms with van der Waals surface area (Å²) in [7, 11) is 0. The number of fused-ring (bicyclic) bond motifs is 1. The van der Waals surface area contributed by atoms with Gasteiger partial charge in [-0.15, -0.1) is 5.10 Å². The molecule has 0 unspecified atom stereocenters. The largest absolute Gasteiger partial charge is 0.382 e. The highest BCUT2D eigenvalue weighted by Crippen LogP contribution is 2.37. The summed E-state index contributed by atoms with van der Waals surface area (Å²) in [6.07, 6.45) is 4.94. The summed E-state index contributed by atoms with van der Waals surface area (Å²) in [6, 6.07) is 10.1. The molecule has 0 aliphatic carbocycles. The van der Waals surface area contributed by atoms with Gasteiger partial charge in [0.1, 0.15) is 17.4 Å². The van der Waals surface area contributed by atoms with Crippen LogP contribution in [-0.2, 0) is 14.3 Å². The van der Waals surface area contributed by atoms with Gasteiger partial charge in [0.15, 0.2) is 5.82 Å². The van der Waals surface area contributed by atoms with Gasteiger partial charge in [0.05, 0.1) is 30.2 Å². The molecule has 2 fully saturated rings. The summed E-state index contributed by atoms with van der Waals surface area (Å²) in [5.74, 6) is 0.303. The number of nitrogens with zero attached hydrogens (tertiary/aromatic N) is 7. The van der Waals surface area contributed by atoms with E-state index in [0.717, 1.165) is 41.0 Å². The Morgan fingerprint density at radius 2 is 1.94 bits per heavy atom. The Hall–Kier alpha value is -3.83. The molecule has 2 saturated heterocycles. The lowest BCUT2D eigenvalue weighted by atomic mass is 10.0. The molecule has 0 spiro atoms. The Labute approximate surface area is 207 Å². The fourth-order valence-electron chi connectivity index (χ4n) is 5.06. The van der Waals surface area contributed by atoms with E-state index >= 15 is 0 Å². The van der Waals surface area contributed by atoms with E-state index in [9.17, 15) is 4.79 Å². The zero-order valence-corrected chi connectivity index (χ0v) is 20.3. The maximum atomic E-state index is 13.0. The van der Waals surface area contributed by atoms with Crippen LogP contribution in [-0.4, -0.2) is 67.5 Å². The standard InChI is InChI=1S/C25H28N8O3/c1-25(2)24(34)31(8-11-36-25)18-5-3-4-16(12-18)20-13-19(22-23(26)27-15-29-33(20)22)21-14-28-30-32(21)17-6-9-35-10-7-17/h3-5,12-15,17H,6-11H2,1-2H3,(H2,26,27,29). The van der Waals surface area contributed by atoms with Gasteiger partial charge in [-0.2, -0.15) is 5.10 Å². The maximum absolute atomic E-state index is 13.0. The number of nitrogen functional groups attached to an aromatic ring is 1. The number of morpholine rings is 1. The molecule has 4 aromatic rings. The molecule has 36 heavy (non-hydrogen) atoms. The normalized spacial score (nSPS) is 18.7. The van der Waals surface area contributed by atoms with Gasteiger partial charge in [-0.25, -0.2) is 14.2 Å². The van der Waals surface area contributed by atoms with Crippen LogP contribution < -0.4 is 10.6 Å². The molecular formula is C25H28N8O3. The maximum Gasteiger partial charge on any atom is 0.258 e. The van der Waals surface area contributed by atoms with Crippen molar-refractivity contribution in [1.29, 1.82) is 0 Å². The molecule has 11 heteroatoms. The van der Waals surface area contributed by atoms with Gasteiger partial charge >= 0.3 is 0 Å². The summed E-state index contributed by atoms with van der Waals surface area (Å²) in [6.45, 7) is 5.97. The van der Waals surface area contributed by atoms with E-state index in [1.807, 2.05) is 35.0 Å². The molecule has 5 heterocycles. The summed E-state index contributed by atoms with van der Waals surface area (Å²) in [5.41, 5.74) is 10.4. The first kappa shape index (κ1) is 22.6. The SMILES string of the molecule is CC1(C)OCCN(c2cccc(-c3cc(-c4cnnn4C4CCOCC4)c4c(N)ncnn34)c2)C1=O. The zero-order chi connectivity index (χ0) is 24.9. The second kappa shape index (κ2) is 8.68. The van der Waals surface area contributed by atoms with Gasteiger partial charge in [-0.05, 0) is 44.9 Å². The lowest BCUT2D eigenvalue weighted by Crippen LogP contribution is -2.53. The summed E-state index contributed by atoms with van der Waals surface area (Å²) >= 11 is 0. The van der Waals surface area contributed by atoms with Crippen molar-refractivity contribution in [2.45, 2.75) is 38.3 Å². The molecule has 1 amide bonds. The van der Waals surface area contributed by atoms with Crippen LogP contribution in [0.2, 0.25) is 0 Å². The third-order valence-corrected chi connectivity index (χ3v) is 6.96. The number of nitrogens with two attached hydrogens (primary N) is 1. The van der Waals surface area contributed by atoms with Crippen molar-refractivity contribution < 1.29 is 14.3 Å². The fraction of sp³-hybridized carbons (Fsp3) is 0.400. The molecule has 186 valence electrons. The Balaban J connectivity index is 1.47. The van der Waals surface area contributed by atoms with E-state index < -0.39 is 5.60 Å². The van der Waals surface area contributed by atoms with Crippen molar-refractivity contribution in [3.63, 3.8) is 0 Å². The summed E-state index contributed by atoms with van der Waals surface area (Å²) in [5, 5.41) is 13.1. The number of carbonyl (C=O) groups is 1. The molecule has 6 rings (SSSR count). The van der Waals surface area contributed by atoms with Gasteiger partial charge in [-0.1, -0.05) is 17.3 Å². The van der Waals surface area contributed by atoms with Crippen molar-refractivity contribution >= 4 is 22.9 Å². The number of rotatable bonds is 4. The van der Waals surface area contributed by atoms with E-state index in [-0.39, 0.29) is 11.9 Å². The number of hydrogen-bond acceptors (Lipinski definition) is 8. The molecule has 0 saturated carbocycles. The highest BCUT2D eigenvalue weighted by Gasteiger charge is 2.37. The van der Waals surface area contributed by atoms with E-state index in [1.54, 1.807) is 29.5 Å². The first-order chi connectivity index (χ1) is 17.4. The van der Waals surface area contributed by atoms with Gasteiger partial charge < -0.3 is 20.1 Å². The van der Waals surface area contributed by atoms with E-state index in [1.165, 1.54) is 6.33 Å². The van der Waals surface area contributed by atoms with Crippen LogP contribution in [0.1, 0.15) is 32.7 Å². The number of carbonyl (C=O) groups excluding carboxylic acids is 1. The van der Waals surface area contributed by atoms with Crippen molar-refractivity contribution in [3.8, 4) is 22.5 Å². The Morgan fingerprint density at radius 1 is 1.11 bits per heavy atom. The highest BCUT2D eigenvalue weighted by atomic mass is 16.5. The fourth-order valence-corrected chi connectivity index (χ4v) is 5.06. The predicted octanol–water partition coefficient (Wildman–Crippen LogP) is 2.73. The molecule has 0 radical (unpaired) electrons. The number of ether oxygens (including phenoxy) is 2. The topological polar surface area (TPSA) is 126 Å². The smallest absolute Gasteiger partial charge is 0.258 e. The van der Waals surface area contributed by atoms with Crippen LogP contribution in [0.5, 0.6) is 0 Å². The lowest BCUT2D eigenvalue weighted by Gasteiger charge is -2.37. The number of amides is 1. The van der Waals surface area contributed by atoms with Crippen molar-refractivity contribution in [2.24, 2.45) is 0 Å². The minimum absolute atomic E-state index is 0.0652. The van der Waals surface area contributed by atoms with Crippen LogP contribution in [0, 0.1) is 0 Å².